The monoisotopic (exact) mass is 247 g/mol. The van der Waals surface area contributed by atoms with E-state index in [-0.39, 0.29) is 6.04 Å². The fraction of sp³-hybridized carbons (Fsp3) is 0.467. The van der Waals surface area contributed by atoms with Gasteiger partial charge in [0.05, 0.1) is 6.26 Å². The fourth-order valence-corrected chi connectivity index (χ4v) is 2.03. The maximum atomic E-state index is 5.85. The third-order valence-corrected chi connectivity index (χ3v) is 3.08. The van der Waals surface area contributed by atoms with E-state index in [4.69, 9.17) is 8.83 Å². The van der Waals surface area contributed by atoms with Crippen LogP contribution < -0.4 is 5.32 Å². The van der Waals surface area contributed by atoms with E-state index >= 15 is 0 Å². The molecule has 1 atom stereocenters. The van der Waals surface area contributed by atoms with Gasteiger partial charge in [0.2, 0.25) is 0 Å². The Morgan fingerprint density at radius 1 is 1.22 bits per heavy atom. The van der Waals surface area contributed by atoms with E-state index in [0.717, 1.165) is 42.2 Å². The second kappa shape index (κ2) is 5.91. The second-order valence-electron chi connectivity index (χ2n) is 4.51. The van der Waals surface area contributed by atoms with Gasteiger partial charge in [-0.05, 0) is 43.7 Å². The molecule has 2 rings (SSSR count). The van der Waals surface area contributed by atoms with Crippen LogP contribution in [0.2, 0.25) is 0 Å². The van der Waals surface area contributed by atoms with Crippen LogP contribution in [0, 0.1) is 6.92 Å². The summed E-state index contributed by atoms with van der Waals surface area (Å²) in [6.07, 6.45) is 3.73. The smallest absolute Gasteiger partial charge is 0.131 e. The van der Waals surface area contributed by atoms with E-state index < -0.39 is 0 Å². The van der Waals surface area contributed by atoms with Crippen molar-refractivity contribution in [2.75, 3.05) is 6.54 Å². The van der Waals surface area contributed by atoms with Gasteiger partial charge in [-0.25, -0.2) is 0 Å². The molecule has 0 aliphatic heterocycles. The molecule has 18 heavy (non-hydrogen) atoms. The maximum absolute atomic E-state index is 5.85. The Balaban J connectivity index is 2.27. The highest BCUT2D eigenvalue weighted by Crippen LogP contribution is 2.27. The molecular weight excluding hydrogens is 226 g/mol. The lowest BCUT2D eigenvalue weighted by Gasteiger charge is -2.15. The minimum absolute atomic E-state index is 0.0141. The molecule has 0 bridgehead atoms. The molecule has 0 saturated carbocycles. The second-order valence-corrected chi connectivity index (χ2v) is 4.51. The van der Waals surface area contributed by atoms with Gasteiger partial charge >= 0.3 is 0 Å². The molecule has 1 unspecified atom stereocenters. The van der Waals surface area contributed by atoms with Crippen molar-refractivity contribution >= 4 is 0 Å². The average molecular weight is 247 g/mol. The Labute approximate surface area is 108 Å². The molecule has 0 spiro atoms. The molecule has 0 aromatic carbocycles. The molecule has 0 amide bonds. The molecule has 0 aliphatic carbocycles. The zero-order valence-electron chi connectivity index (χ0n) is 11.3. The first kappa shape index (κ1) is 13.0. The summed E-state index contributed by atoms with van der Waals surface area (Å²) in [7, 11) is 0. The number of hydrogen-bond donors (Lipinski definition) is 1. The molecule has 0 saturated heterocycles. The van der Waals surface area contributed by atoms with E-state index in [1.54, 1.807) is 6.26 Å². The molecule has 2 heterocycles. The van der Waals surface area contributed by atoms with Crippen LogP contribution in [-0.2, 0) is 6.42 Å². The van der Waals surface area contributed by atoms with Crippen LogP contribution in [0.5, 0.6) is 0 Å². The summed E-state index contributed by atoms with van der Waals surface area (Å²) in [6, 6.07) is 6.07. The van der Waals surface area contributed by atoms with Crippen molar-refractivity contribution in [1.82, 2.24) is 5.32 Å². The summed E-state index contributed by atoms with van der Waals surface area (Å²) in [5.41, 5.74) is 1.15. The summed E-state index contributed by atoms with van der Waals surface area (Å²) >= 11 is 0. The third-order valence-electron chi connectivity index (χ3n) is 3.08. The Morgan fingerprint density at radius 2 is 2.06 bits per heavy atom. The molecular formula is C15H21NO2. The molecule has 3 nitrogen and oxygen atoms in total. The van der Waals surface area contributed by atoms with E-state index in [9.17, 15) is 0 Å². The van der Waals surface area contributed by atoms with Crippen LogP contribution in [0.4, 0.5) is 0 Å². The maximum Gasteiger partial charge on any atom is 0.131 e. The van der Waals surface area contributed by atoms with Crippen LogP contribution in [0.3, 0.4) is 0 Å². The van der Waals surface area contributed by atoms with Gasteiger partial charge in [-0.1, -0.05) is 13.8 Å². The van der Waals surface area contributed by atoms with Gasteiger partial charge in [-0.3, -0.25) is 0 Å². The van der Waals surface area contributed by atoms with E-state index in [0.29, 0.717) is 0 Å². The molecule has 0 radical (unpaired) electrons. The summed E-state index contributed by atoms with van der Waals surface area (Å²) in [4.78, 5) is 0. The summed E-state index contributed by atoms with van der Waals surface area (Å²) < 4.78 is 11.4. The van der Waals surface area contributed by atoms with E-state index in [2.05, 4.69) is 26.1 Å². The summed E-state index contributed by atoms with van der Waals surface area (Å²) in [6.45, 7) is 7.24. The Hall–Kier alpha value is -1.48. The van der Waals surface area contributed by atoms with E-state index in [1.165, 1.54) is 0 Å². The lowest BCUT2D eigenvalue weighted by molar-refractivity contribution is 0.375. The van der Waals surface area contributed by atoms with Gasteiger partial charge in [0.15, 0.2) is 0 Å². The van der Waals surface area contributed by atoms with Crippen LogP contribution in [0.25, 0.3) is 0 Å². The lowest BCUT2D eigenvalue weighted by Crippen LogP contribution is -2.23. The molecule has 1 N–H and O–H groups in total. The SMILES string of the molecule is CCCNC(c1ccc(CC)o1)c1occc1C. The fourth-order valence-electron chi connectivity index (χ4n) is 2.03. The normalized spacial score (nSPS) is 12.8. The van der Waals surface area contributed by atoms with Gasteiger partial charge in [-0.2, -0.15) is 0 Å². The first-order valence-electron chi connectivity index (χ1n) is 6.62. The Kier molecular flexibility index (Phi) is 4.26. The van der Waals surface area contributed by atoms with E-state index in [1.807, 2.05) is 18.2 Å². The van der Waals surface area contributed by atoms with Crippen molar-refractivity contribution in [3.63, 3.8) is 0 Å². The van der Waals surface area contributed by atoms with Gasteiger partial charge < -0.3 is 14.2 Å². The number of rotatable bonds is 6. The molecule has 2 aromatic heterocycles. The quantitative estimate of drug-likeness (QED) is 0.843. The van der Waals surface area contributed by atoms with Crippen molar-refractivity contribution in [3.8, 4) is 0 Å². The minimum Gasteiger partial charge on any atom is -0.467 e. The number of nitrogens with one attached hydrogen (secondary N) is 1. The molecule has 0 fully saturated rings. The van der Waals surface area contributed by atoms with Crippen LogP contribution in [-0.4, -0.2) is 6.54 Å². The molecule has 98 valence electrons. The topological polar surface area (TPSA) is 38.3 Å². The van der Waals surface area contributed by atoms with Crippen molar-refractivity contribution in [2.24, 2.45) is 0 Å². The highest BCUT2D eigenvalue weighted by Gasteiger charge is 2.21. The van der Waals surface area contributed by atoms with Gasteiger partial charge in [0.25, 0.3) is 0 Å². The van der Waals surface area contributed by atoms with Gasteiger partial charge in [0, 0.05) is 6.42 Å². The lowest BCUT2D eigenvalue weighted by atomic mass is 10.1. The van der Waals surface area contributed by atoms with Gasteiger partial charge in [0.1, 0.15) is 23.3 Å². The van der Waals surface area contributed by atoms with Crippen molar-refractivity contribution in [2.45, 2.75) is 39.7 Å². The van der Waals surface area contributed by atoms with Crippen LogP contribution in [0.15, 0.2) is 33.3 Å². The molecule has 2 aromatic rings. The molecule has 0 aliphatic rings. The summed E-state index contributed by atoms with van der Waals surface area (Å²) in [5.74, 6) is 2.89. The number of hydrogen-bond acceptors (Lipinski definition) is 3. The summed E-state index contributed by atoms with van der Waals surface area (Å²) in [5, 5.41) is 3.48. The zero-order chi connectivity index (χ0) is 13.0. The number of furan rings is 2. The largest absolute Gasteiger partial charge is 0.467 e. The highest BCUT2D eigenvalue weighted by atomic mass is 16.4. The number of aryl methyl sites for hydroxylation is 2. The predicted molar refractivity (Wildman–Crippen MR) is 71.7 cm³/mol. The van der Waals surface area contributed by atoms with Gasteiger partial charge in [-0.15, -0.1) is 0 Å². The van der Waals surface area contributed by atoms with Crippen LogP contribution in [0.1, 0.15) is 49.2 Å². The van der Waals surface area contributed by atoms with Crippen molar-refractivity contribution < 1.29 is 8.83 Å². The Bertz CT molecular complexity index is 484. The standard InChI is InChI=1S/C15H21NO2/c1-4-9-16-14(15-11(3)8-10-17-15)13-7-6-12(5-2)18-13/h6-8,10,14,16H,4-5,9H2,1-3H3. The highest BCUT2D eigenvalue weighted by molar-refractivity contribution is 5.26. The Morgan fingerprint density at radius 3 is 2.61 bits per heavy atom. The van der Waals surface area contributed by atoms with Crippen LogP contribution >= 0.6 is 0 Å². The van der Waals surface area contributed by atoms with Crippen molar-refractivity contribution in [1.29, 1.82) is 0 Å². The first-order chi connectivity index (χ1) is 8.76. The molecule has 3 heteroatoms. The third kappa shape index (κ3) is 2.67. The van der Waals surface area contributed by atoms with Crippen molar-refractivity contribution in [3.05, 3.63) is 47.3 Å². The minimum atomic E-state index is 0.0141. The first-order valence-corrected chi connectivity index (χ1v) is 6.62. The predicted octanol–water partition coefficient (Wildman–Crippen LogP) is 3.83. The average Bonchev–Trinajstić information content (AvgIpc) is 3.00. The zero-order valence-corrected chi connectivity index (χ0v) is 11.3.